The third kappa shape index (κ3) is 2.63. The summed E-state index contributed by atoms with van der Waals surface area (Å²) >= 11 is 0. The highest BCUT2D eigenvalue weighted by atomic mass is 16.5. The first-order valence-corrected chi connectivity index (χ1v) is 8.50. The second kappa shape index (κ2) is 5.20. The van der Waals surface area contributed by atoms with Crippen LogP contribution in [0, 0.1) is 0 Å². The quantitative estimate of drug-likeness (QED) is 0.903. The van der Waals surface area contributed by atoms with Gasteiger partial charge in [0.15, 0.2) is 0 Å². The van der Waals surface area contributed by atoms with Gasteiger partial charge in [0, 0.05) is 25.4 Å². The van der Waals surface area contributed by atoms with E-state index in [9.17, 15) is 5.11 Å². The minimum Gasteiger partial charge on any atom is -0.390 e. The van der Waals surface area contributed by atoms with E-state index in [1.807, 2.05) is 6.92 Å². The van der Waals surface area contributed by atoms with Crippen LogP contribution in [0.25, 0.3) is 0 Å². The van der Waals surface area contributed by atoms with Crippen molar-refractivity contribution >= 4 is 5.95 Å². The number of nitrogens with zero attached hydrogens (tertiary/aromatic N) is 3. The van der Waals surface area contributed by atoms with E-state index >= 15 is 0 Å². The van der Waals surface area contributed by atoms with Crippen LogP contribution in [0.3, 0.4) is 0 Å². The van der Waals surface area contributed by atoms with Crippen molar-refractivity contribution in [3.63, 3.8) is 0 Å². The van der Waals surface area contributed by atoms with Gasteiger partial charge in [-0.3, -0.25) is 0 Å². The van der Waals surface area contributed by atoms with Crippen molar-refractivity contribution in [2.24, 2.45) is 0 Å². The molecule has 1 aromatic rings. The molecule has 6 nitrogen and oxygen atoms in total. The molecule has 2 aliphatic heterocycles. The van der Waals surface area contributed by atoms with Crippen LogP contribution in [0.5, 0.6) is 0 Å². The fourth-order valence-corrected chi connectivity index (χ4v) is 3.93. The largest absolute Gasteiger partial charge is 0.390 e. The molecule has 0 radical (unpaired) electrons. The summed E-state index contributed by atoms with van der Waals surface area (Å²) in [4.78, 5) is 6.76. The molecule has 2 saturated heterocycles. The Bertz CT molecular complexity index is 530. The van der Waals surface area contributed by atoms with Gasteiger partial charge in [0.2, 0.25) is 5.89 Å². The number of anilines is 1. The van der Waals surface area contributed by atoms with Gasteiger partial charge in [-0.05, 0) is 44.2 Å². The first-order chi connectivity index (χ1) is 10.6. The highest BCUT2D eigenvalue weighted by molar-refractivity contribution is 5.30. The molecule has 1 spiro atoms. The Morgan fingerprint density at radius 2 is 2.00 bits per heavy atom. The van der Waals surface area contributed by atoms with Crippen LogP contribution in [-0.2, 0) is 4.74 Å². The summed E-state index contributed by atoms with van der Waals surface area (Å²) < 4.78 is 11.5. The number of rotatable bonds is 2. The Balaban J connectivity index is 1.40. The number of hydrogen-bond donors (Lipinski definition) is 1. The van der Waals surface area contributed by atoms with Gasteiger partial charge >= 0.3 is 0 Å². The average molecular weight is 307 g/mol. The van der Waals surface area contributed by atoms with Crippen LogP contribution in [-0.4, -0.2) is 46.1 Å². The lowest BCUT2D eigenvalue weighted by Crippen LogP contribution is -2.53. The molecule has 22 heavy (non-hydrogen) atoms. The first kappa shape index (κ1) is 14.5. The summed E-state index contributed by atoms with van der Waals surface area (Å²) in [5.41, 5.74) is -0.761. The Morgan fingerprint density at radius 1 is 1.23 bits per heavy atom. The second-order valence-corrected chi connectivity index (χ2v) is 7.50. The summed E-state index contributed by atoms with van der Waals surface area (Å²) in [7, 11) is 0. The molecule has 1 aromatic heterocycles. The van der Waals surface area contributed by atoms with Gasteiger partial charge in [0.1, 0.15) is 0 Å². The van der Waals surface area contributed by atoms with E-state index < -0.39 is 5.60 Å². The molecule has 0 bridgehead atoms. The molecule has 0 amide bonds. The van der Waals surface area contributed by atoms with Gasteiger partial charge in [-0.25, -0.2) is 0 Å². The first-order valence-electron chi connectivity index (χ1n) is 8.50. The van der Waals surface area contributed by atoms with Crippen molar-refractivity contribution in [2.75, 3.05) is 24.6 Å². The molecule has 6 heteroatoms. The fourth-order valence-electron chi connectivity index (χ4n) is 3.93. The van der Waals surface area contributed by atoms with E-state index in [0.717, 1.165) is 50.6 Å². The molecule has 3 heterocycles. The number of ether oxygens (including phenoxy) is 1. The van der Waals surface area contributed by atoms with Gasteiger partial charge in [-0.15, -0.1) is 0 Å². The number of piperidine rings is 1. The monoisotopic (exact) mass is 307 g/mol. The molecular formula is C16H25N3O3. The Morgan fingerprint density at radius 3 is 2.64 bits per heavy atom. The molecule has 122 valence electrons. The van der Waals surface area contributed by atoms with Crippen molar-refractivity contribution in [3.05, 3.63) is 5.89 Å². The molecule has 3 aliphatic rings. The normalized spacial score (nSPS) is 32.2. The third-order valence-corrected chi connectivity index (χ3v) is 5.59. The maximum Gasteiger partial charge on any atom is 0.266 e. The number of hydrogen-bond acceptors (Lipinski definition) is 6. The predicted octanol–water partition coefficient (Wildman–Crippen LogP) is 2.24. The predicted molar refractivity (Wildman–Crippen MR) is 80.9 cm³/mol. The molecule has 1 atom stereocenters. The van der Waals surface area contributed by atoms with E-state index in [0.29, 0.717) is 12.5 Å². The van der Waals surface area contributed by atoms with Gasteiger partial charge in [-0.1, -0.05) is 6.42 Å². The lowest BCUT2D eigenvalue weighted by Gasteiger charge is -2.48. The summed E-state index contributed by atoms with van der Waals surface area (Å²) in [6, 6.07) is 0. The van der Waals surface area contributed by atoms with Crippen LogP contribution in [0.4, 0.5) is 5.95 Å². The van der Waals surface area contributed by atoms with Crippen molar-refractivity contribution in [1.82, 2.24) is 10.1 Å². The molecule has 1 N–H and O–H groups in total. The van der Waals surface area contributed by atoms with E-state index in [2.05, 4.69) is 15.0 Å². The van der Waals surface area contributed by atoms with Crippen molar-refractivity contribution in [1.29, 1.82) is 0 Å². The molecular weight excluding hydrogens is 282 g/mol. The highest BCUT2D eigenvalue weighted by Crippen LogP contribution is 2.40. The van der Waals surface area contributed by atoms with Crippen LogP contribution in [0.15, 0.2) is 4.52 Å². The Labute approximate surface area is 130 Å². The molecule has 4 rings (SSSR count). The molecule has 1 saturated carbocycles. The lowest BCUT2D eigenvalue weighted by atomic mass is 9.78. The van der Waals surface area contributed by atoms with Gasteiger partial charge in [-0.2, -0.15) is 4.98 Å². The maximum atomic E-state index is 10.3. The summed E-state index contributed by atoms with van der Waals surface area (Å²) in [6.07, 6.45) is 6.90. The minimum absolute atomic E-state index is 0.168. The number of aromatic nitrogens is 2. The van der Waals surface area contributed by atoms with Gasteiger partial charge < -0.3 is 19.3 Å². The van der Waals surface area contributed by atoms with Crippen molar-refractivity contribution in [3.8, 4) is 0 Å². The SMILES string of the molecule is CC1(O)CCOC2(CCN(c3noc(C4CCC4)n3)CC2)C1. The van der Waals surface area contributed by atoms with Gasteiger partial charge in [0.25, 0.3) is 5.95 Å². The molecule has 0 aromatic carbocycles. The molecule has 3 fully saturated rings. The van der Waals surface area contributed by atoms with E-state index in [-0.39, 0.29) is 5.60 Å². The standard InChI is InChI=1S/C16H25N3O3/c1-15(20)7-10-21-16(11-15)5-8-19(9-6-16)14-17-13(22-18-14)12-3-2-4-12/h12,20H,2-11H2,1H3. The van der Waals surface area contributed by atoms with E-state index in [1.54, 1.807) is 0 Å². The maximum absolute atomic E-state index is 10.3. The Kier molecular flexibility index (Phi) is 3.42. The average Bonchev–Trinajstić information content (AvgIpc) is 2.85. The third-order valence-electron chi connectivity index (χ3n) is 5.59. The summed E-state index contributed by atoms with van der Waals surface area (Å²) in [5, 5.41) is 14.5. The highest BCUT2D eigenvalue weighted by Gasteiger charge is 2.44. The van der Waals surface area contributed by atoms with E-state index in [4.69, 9.17) is 9.26 Å². The van der Waals surface area contributed by atoms with Crippen LogP contribution < -0.4 is 4.90 Å². The zero-order valence-corrected chi connectivity index (χ0v) is 13.3. The Hall–Kier alpha value is -1.14. The number of aliphatic hydroxyl groups is 1. The van der Waals surface area contributed by atoms with Crippen LogP contribution in [0.2, 0.25) is 0 Å². The van der Waals surface area contributed by atoms with Crippen LogP contribution >= 0.6 is 0 Å². The molecule has 1 unspecified atom stereocenters. The lowest BCUT2D eigenvalue weighted by molar-refractivity contribution is -0.162. The summed E-state index contributed by atoms with van der Waals surface area (Å²) in [6.45, 7) is 4.30. The van der Waals surface area contributed by atoms with E-state index in [1.165, 1.54) is 19.3 Å². The van der Waals surface area contributed by atoms with Crippen LogP contribution in [0.1, 0.15) is 63.7 Å². The minimum atomic E-state index is -0.593. The summed E-state index contributed by atoms with van der Waals surface area (Å²) in [5.74, 6) is 2.01. The smallest absolute Gasteiger partial charge is 0.266 e. The van der Waals surface area contributed by atoms with Crippen molar-refractivity contribution < 1.29 is 14.4 Å². The van der Waals surface area contributed by atoms with Gasteiger partial charge in [0.05, 0.1) is 17.8 Å². The fraction of sp³-hybridized carbons (Fsp3) is 0.875. The topological polar surface area (TPSA) is 71.6 Å². The van der Waals surface area contributed by atoms with Crippen molar-refractivity contribution in [2.45, 2.75) is 69.0 Å². The zero-order valence-electron chi connectivity index (χ0n) is 13.3. The second-order valence-electron chi connectivity index (χ2n) is 7.50. The zero-order chi connectivity index (χ0) is 15.2. The molecule has 1 aliphatic carbocycles.